The second-order valence-corrected chi connectivity index (χ2v) is 12.4. The first-order valence-electron chi connectivity index (χ1n) is 15.2. The number of rotatable bonds is 5. The van der Waals surface area contributed by atoms with E-state index in [1.54, 1.807) is 36.4 Å². The van der Waals surface area contributed by atoms with E-state index in [2.05, 4.69) is 19.9 Å². The number of hydrogen-bond acceptors (Lipinski definition) is 2. The van der Waals surface area contributed by atoms with Crippen LogP contribution in [0.2, 0.25) is 0 Å². The Morgan fingerprint density at radius 3 is 1.42 bits per heavy atom. The van der Waals surface area contributed by atoms with Gasteiger partial charge in [0.05, 0.1) is 44.9 Å². The van der Waals surface area contributed by atoms with Crippen molar-refractivity contribution >= 4 is 63.8 Å². The molecule has 0 atom stereocenters. The van der Waals surface area contributed by atoms with Crippen LogP contribution < -0.4 is 0 Å². The van der Waals surface area contributed by atoms with Crippen LogP contribution in [0.3, 0.4) is 0 Å². The highest BCUT2D eigenvalue weighted by Gasteiger charge is 2.58. The fraction of sp³-hybridized carbons (Fsp3) is 0.105. The Kier molecular flexibility index (Phi) is 8.05. The monoisotopic (exact) mass is 704 g/mol. The lowest BCUT2D eigenvalue weighted by molar-refractivity contribution is -0.164. The number of halogens is 8. The predicted molar refractivity (Wildman–Crippen MR) is 184 cm³/mol. The Hall–Kier alpha value is -5.42. The largest absolute Gasteiger partial charge is 0.388 e. The summed E-state index contributed by atoms with van der Waals surface area (Å²) in [6.45, 7) is 3.64. The van der Waals surface area contributed by atoms with Crippen molar-refractivity contribution < 1.29 is 30.7 Å². The van der Waals surface area contributed by atoms with E-state index in [0.717, 1.165) is 23.3 Å². The van der Waals surface area contributed by atoms with Crippen molar-refractivity contribution in [1.29, 1.82) is 0 Å². The van der Waals surface area contributed by atoms with Gasteiger partial charge in [0.25, 0.3) is 0 Å². The zero-order chi connectivity index (χ0) is 35.5. The minimum atomic E-state index is -5.02. The molecule has 0 fully saturated rings. The van der Waals surface area contributed by atoms with Crippen LogP contribution >= 0.6 is 11.6 Å². The van der Waals surface area contributed by atoms with Crippen molar-refractivity contribution in [3.8, 4) is 22.3 Å². The zero-order valence-corrected chi connectivity index (χ0v) is 26.9. The molecule has 2 N–H and O–H groups in total. The molecule has 50 heavy (non-hydrogen) atoms. The third-order valence-electron chi connectivity index (χ3n) is 8.42. The highest BCUT2D eigenvalue weighted by Crippen LogP contribution is 2.49. The predicted octanol–water partition coefficient (Wildman–Crippen LogP) is 12.1. The van der Waals surface area contributed by atoms with Crippen molar-refractivity contribution in [2.24, 2.45) is 0 Å². The molecular weight excluding hydrogens is 681 g/mol. The third kappa shape index (κ3) is 5.71. The van der Waals surface area contributed by atoms with Gasteiger partial charge in [-0.3, -0.25) is 0 Å². The van der Waals surface area contributed by atoms with Crippen LogP contribution in [-0.4, -0.2) is 25.3 Å². The Morgan fingerprint density at radius 2 is 1.02 bits per heavy atom. The zero-order valence-electron chi connectivity index (χ0n) is 26.2. The van der Waals surface area contributed by atoms with Gasteiger partial charge in [-0.15, -0.1) is 0 Å². The molecule has 0 saturated carbocycles. The number of alkyl halides is 5. The van der Waals surface area contributed by atoms with Gasteiger partial charge in [0, 0.05) is 22.2 Å². The van der Waals surface area contributed by atoms with Gasteiger partial charge in [0.2, 0.25) is 0 Å². The number of hydrogen-bond donors (Lipinski definition) is 2. The van der Waals surface area contributed by atoms with Crippen LogP contribution in [-0.2, 0) is 5.92 Å². The topological polar surface area (TPSA) is 57.4 Å². The van der Waals surface area contributed by atoms with E-state index < -0.39 is 45.7 Å². The summed E-state index contributed by atoms with van der Waals surface area (Å²) in [6.07, 6.45) is 2.51. The molecule has 5 aromatic rings. The van der Waals surface area contributed by atoms with E-state index >= 15 is 13.2 Å². The summed E-state index contributed by atoms with van der Waals surface area (Å²) in [5.41, 5.74) is 1.22. The highest BCUT2D eigenvalue weighted by atomic mass is 35.5. The summed E-state index contributed by atoms with van der Waals surface area (Å²) in [6, 6.07) is 19.9. The Balaban J connectivity index is 1.74. The average molecular weight is 705 g/mol. The molecule has 2 aliphatic rings. The SMILES string of the molecule is Cc1cccc(-c2c3nc(c(C(F)(F)C(F)(F)Cl)c4nc(c(-c5cccc(C)c5)c5ccc([nH]5)c(C(F)=C(F)F)c5ccc2[nH]5)C=C4)C=C3)c1. The van der Waals surface area contributed by atoms with Crippen LogP contribution in [0, 0.1) is 13.8 Å². The van der Waals surface area contributed by atoms with Crippen LogP contribution in [0.4, 0.5) is 30.7 Å². The number of aromatic amines is 2. The summed E-state index contributed by atoms with van der Waals surface area (Å²) >= 11 is 5.06. The molecule has 0 saturated heterocycles. The number of benzene rings is 2. The Labute approximate surface area is 285 Å². The van der Waals surface area contributed by atoms with Gasteiger partial charge < -0.3 is 9.97 Å². The maximum Gasteiger partial charge on any atom is 0.388 e. The van der Waals surface area contributed by atoms with Crippen LogP contribution in [0.25, 0.3) is 74.5 Å². The third-order valence-corrected chi connectivity index (χ3v) is 8.66. The van der Waals surface area contributed by atoms with E-state index in [9.17, 15) is 17.6 Å². The number of fused-ring (bicyclic) bond motifs is 8. The fourth-order valence-electron chi connectivity index (χ4n) is 6.21. The van der Waals surface area contributed by atoms with Gasteiger partial charge in [-0.25, -0.2) is 14.4 Å². The van der Waals surface area contributed by atoms with Crippen molar-refractivity contribution in [3.05, 3.63) is 124 Å². The second-order valence-electron chi connectivity index (χ2n) is 11.9. The van der Waals surface area contributed by atoms with E-state index in [0.29, 0.717) is 22.3 Å². The maximum atomic E-state index is 15.8. The molecule has 2 aliphatic heterocycles. The standard InChI is InChI=1S/C38H24ClF7N4/c1-19-5-3-7-21(17-19)31-23-9-11-27(47-23)33(35(40)36(41)42)28-12-10-24(48-28)32(22-8-4-6-20(2)18-22)26-14-16-30(50-26)34(29-15-13-25(31)49-29)37(43,44)38(39,45)46/h3-18,47-48H,1-2H3. The lowest BCUT2D eigenvalue weighted by Crippen LogP contribution is -2.34. The average Bonchev–Trinajstić information content (AvgIpc) is 3.87. The van der Waals surface area contributed by atoms with Gasteiger partial charge in [-0.05, 0) is 85.1 Å². The van der Waals surface area contributed by atoms with Crippen molar-refractivity contribution in [3.63, 3.8) is 0 Å². The molecule has 0 spiro atoms. The van der Waals surface area contributed by atoms with E-state index in [1.807, 2.05) is 26.0 Å². The van der Waals surface area contributed by atoms with Gasteiger partial charge >= 0.3 is 17.4 Å². The number of nitrogens with zero attached hydrogens (tertiary/aromatic N) is 2. The summed E-state index contributed by atoms with van der Waals surface area (Å²) in [4.78, 5) is 14.8. The molecule has 0 radical (unpaired) electrons. The first-order valence-corrected chi connectivity index (χ1v) is 15.6. The quantitative estimate of drug-likeness (QED) is 0.138. The molecule has 7 rings (SSSR count). The molecule has 3 aromatic heterocycles. The summed E-state index contributed by atoms with van der Waals surface area (Å²) in [5, 5.41) is -5.02. The molecule has 5 heterocycles. The molecule has 8 bridgehead atoms. The van der Waals surface area contributed by atoms with Gasteiger partial charge in [-0.2, -0.15) is 26.3 Å². The molecule has 252 valence electrons. The normalized spacial score (nSPS) is 12.8. The smallest absolute Gasteiger partial charge is 0.354 e. The van der Waals surface area contributed by atoms with E-state index in [-0.39, 0.29) is 33.5 Å². The minimum absolute atomic E-state index is 0.0332. The van der Waals surface area contributed by atoms with Crippen LogP contribution in [0.1, 0.15) is 45.0 Å². The number of H-pyrrole nitrogens is 2. The number of nitrogens with one attached hydrogen (secondary N) is 2. The molecule has 4 nitrogen and oxygen atoms in total. The highest BCUT2D eigenvalue weighted by molar-refractivity contribution is 6.22. The molecule has 2 aromatic carbocycles. The van der Waals surface area contributed by atoms with Gasteiger partial charge in [-0.1, -0.05) is 59.7 Å². The molecule has 0 amide bonds. The summed E-state index contributed by atoms with van der Waals surface area (Å²) in [7, 11) is 0. The summed E-state index contributed by atoms with van der Waals surface area (Å²) in [5.74, 6) is -6.71. The maximum absolute atomic E-state index is 15.8. The lowest BCUT2D eigenvalue weighted by atomic mass is 10.0. The Morgan fingerprint density at radius 1 is 0.600 bits per heavy atom. The van der Waals surface area contributed by atoms with E-state index in [4.69, 9.17) is 11.6 Å². The van der Waals surface area contributed by atoms with Crippen molar-refractivity contribution in [2.75, 3.05) is 0 Å². The molecule has 12 heteroatoms. The number of aromatic nitrogens is 4. The molecule has 0 aliphatic carbocycles. The van der Waals surface area contributed by atoms with Crippen LogP contribution in [0.5, 0.6) is 0 Å². The minimum Gasteiger partial charge on any atom is -0.354 e. The fourth-order valence-corrected chi connectivity index (χ4v) is 6.30. The van der Waals surface area contributed by atoms with Crippen molar-refractivity contribution in [2.45, 2.75) is 25.2 Å². The molecular formula is C38H24ClF7N4. The van der Waals surface area contributed by atoms with Crippen LogP contribution in [0.15, 0.2) is 78.9 Å². The van der Waals surface area contributed by atoms with Gasteiger partial charge in [0.15, 0.2) is 5.83 Å². The summed E-state index contributed by atoms with van der Waals surface area (Å²) < 4.78 is 104. The lowest BCUT2D eigenvalue weighted by Gasteiger charge is -2.22. The second kappa shape index (κ2) is 12.2. The van der Waals surface area contributed by atoms with E-state index in [1.165, 1.54) is 36.4 Å². The Bertz CT molecular complexity index is 2320. The number of aryl methyl sites for hydroxylation is 2. The first kappa shape index (κ1) is 33.1. The molecule has 0 unspecified atom stereocenters. The van der Waals surface area contributed by atoms with Crippen molar-refractivity contribution in [1.82, 2.24) is 19.9 Å². The first-order chi connectivity index (χ1) is 23.7. The van der Waals surface area contributed by atoms with Gasteiger partial charge in [0.1, 0.15) is 0 Å².